The first-order valence-electron chi connectivity index (χ1n) is 17.0. The second-order valence-corrected chi connectivity index (χ2v) is 18.8. The Morgan fingerprint density at radius 1 is 0.554 bits per heavy atom. The van der Waals surface area contributed by atoms with Crippen LogP contribution < -0.4 is 9.47 Å². The Hall–Kier alpha value is -4.98. The van der Waals surface area contributed by atoms with Crippen LogP contribution in [0, 0.1) is 0 Å². The highest BCUT2D eigenvalue weighted by Gasteiger charge is 2.49. The summed E-state index contributed by atoms with van der Waals surface area (Å²) in [6.07, 6.45) is -5.97. The molecule has 0 saturated heterocycles. The first-order chi connectivity index (χ1) is 25.6. The van der Waals surface area contributed by atoms with Gasteiger partial charge < -0.3 is 50.3 Å². The van der Waals surface area contributed by atoms with Gasteiger partial charge in [-0.25, -0.2) is 0 Å². The Kier molecular flexibility index (Phi) is 10.9. The van der Waals surface area contributed by atoms with Gasteiger partial charge >= 0.3 is 0 Å². The van der Waals surface area contributed by atoms with E-state index in [0.717, 1.165) is 24.3 Å². The van der Waals surface area contributed by atoms with E-state index in [-0.39, 0.29) is 45.3 Å². The van der Waals surface area contributed by atoms with Gasteiger partial charge in [-0.15, -0.1) is 0 Å². The van der Waals surface area contributed by atoms with E-state index in [9.17, 15) is 66.8 Å². The number of aliphatic hydroxyl groups excluding tert-OH is 2. The maximum atomic E-state index is 12.5. The molecule has 6 atom stereocenters. The maximum absolute atomic E-state index is 12.5. The molecular formula is C38H44O16S2. The average molecular weight is 821 g/mol. The number of rotatable bonds is 4. The Morgan fingerprint density at radius 2 is 1.02 bits per heavy atom. The van der Waals surface area contributed by atoms with Gasteiger partial charge in [-0.2, -0.15) is 16.8 Å². The lowest BCUT2D eigenvalue weighted by Gasteiger charge is -2.40. The largest absolute Gasteiger partial charge is 0.508 e. The Balaban J connectivity index is 0.000000223. The molecular weight excluding hydrogens is 777 g/mol. The summed E-state index contributed by atoms with van der Waals surface area (Å²) in [6, 6.07) is 12.3. The molecule has 0 saturated carbocycles. The molecule has 56 heavy (non-hydrogen) atoms. The van der Waals surface area contributed by atoms with Crippen molar-refractivity contribution in [2.75, 3.05) is 0 Å². The lowest BCUT2D eigenvalue weighted by Crippen LogP contribution is -2.39. The number of benzene rings is 4. The molecule has 4 aromatic rings. The quantitative estimate of drug-likeness (QED) is 0.0952. The van der Waals surface area contributed by atoms with E-state index < -0.39 is 89.0 Å². The van der Waals surface area contributed by atoms with E-state index in [1.54, 1.807) is 0 Å². The molecule has 6 rings (SSSR count). The van der Waals surface area contributed by atoms with Crippen molar-refractivity contribution in [3.63, 3.8) is 0 Å². The van der Waals surface area contributed by atoms with Crippen molar-refractivity contribution in [3.8, 4) is 46.0 Å². The smallest absolute Gasteiger partial charge is 0.274 e. The number of phenolic OH excluding ortho intramolecular Hbond substituents is 6. The third kappa shape index (κ3) is 8.12. The summed E-state index contributed by atoms with van der Waals surface area (Å²) in [6.45, 7) is 11.0. The maximum Gasteiger partial charge on any atom is 0.274 e. The van der Waals surface area contributed by atoms with Crippen molar-refractivity contribution in [1.82, 2.24) is 0 Å². The zero-order chi connectivity index (χ0) is 42.0. The molecule has 0 fully saturated rings. The van der Waals surface area contributed by atoms with Crippen LogP contribution in [-0.4, -0.2) is 79.0 Å². The van der Waals surface area contributed by atoms with Crippen molar-refractivity contribution >= 4 is 20.2 Å². The molecule has 2 aliphatic rings. The van der Waals surface area contributed by atoms with Crippen LogP contribution in [-0.2, 0) is 31.1 Å². The van der Waals surface area contributed by atoms with Crippen molar-refractivity contribution in [3.05, 3.63) is 94.0 Å². The fourth-order valence-electron chi connectivity index (χ4n) is 6.87. The first kappa shape index (κ1) is 42.2. The highest BCUT2D eigenvalue weighted by molar-refractivity contribution is 7.86. The predicted molar refractivity (Wildman–Crippen MR) is 200 cm³/mol. The van der Waals surface area contributed by atoms with Gasteiger partial charge in [0, 0.05) is 28.3 Å². The minimum absolute atomic E-state index is 0.00190. The molecule has 0 amide bonds. The number of aromatic hydroxyl groups is 6. The van der Waals surface area contributed by atoms with E-state index in [1.165, 1.54) is 36.4 Å². The minimum atomic E-state index is -4.81. The Labute approximate surface area is 323 Å². The van der Waals surface area contributed by atoms with Gasteiger partial charge in [0.1, 0.15) is 45.7 Å². The monoisotopic (exact) mass is 820 g/mol. The van der Waals surface area contributed by atoms with E-state index in [4.69, 9.17) is 9.47 Å². The van der Waals surface area contributed by atoms with Crippen LogP contribution in [0.4, 0.5) is 0 Å². The summed E-state index contributed by atoms with van der Waals surface area (Å²) in [5, 5.41) is 77.2. The van der Waals surface area contributed by atoms with E-state index >= 15 is 0 Å². The van der Waals surface area contributed by atoms with Gasteiger partial charge in [0.25, 0.3) is 20.2 Å². The molecule has 16 nitrogen and oxygen atoms in total. The van der Waals surface area contributed by atoms with Crippen LogP contribution in [0.2, 0.25) is 0 Å². The van der Waals surface area contributed by atoms with Crippen molar-refractivity contribution < 1.29 is 76.3 Å². The summed E-state index contributed by atoms with van der Waals surface area (Å²) in [7, 11) is -9.49. The van der Waals surface area contributed by atoms with Gasteiger partial charge in [-0.1, -0.05) is 59.7 Å². The van der Waals surface area contributed by atoms with E-state index in [2.05, 4.69) is 0 Å². The van der Waals surface area contributed by atoms with Crippen LogP contribution >= 0.6 is 0 Å². The normalized spacial score (nSPS) is 22.4. The summed E-state index contributed by atoms with van der Waals surface area (Å²) in [4.78, 5) is 0. The second kappa shape index (κ2) is 14.5. The third-order valence-electron chi connectivity index (χ3n) is 9.49. The molecule has 0 aromatic heterocycles. The zero-order valence-electron chi connectivity index (χ0n) is 31.0. The molecule has 2 aliphatic heterocycles. The summed E-state index contributed by atoms with van der Waals surface area (Å²) in [5.74, 6) is -1.97. The van der Waals surface area contributed by atoms with Crippen molar-refractivity contribution in [2.24, 2.45) is 0 Å². The van der Waals surface area contributed by atoms with Gasteiger partial charge in [0.2, 0.25) is 0 Å². The molecule has 0 bridgehead atoms. The van der Waals surface area contributed by atoms with Crippen LogP contribution in [0.5, 0.6) is 46.0 Å². The number of aliphatic hydroxyl groups is 2. The van der Waals surface area contributed by atoms with E-state index in [1.807, 2.05) is 41.5 Å². The summed E-state index contributed by atoms with van der Waals surface area (Å²) < 4.78 is 79.6. The van der Waals surface area contributed by atoms with Gasteiger partial charge in [0.15, 0.2) is 35.2 Å². The Morgan fingerprint density at radius 3 is 1.45 bits per heavy atom. The fraction of sp³-hybridized carbons (Fsp3) is 0.368. The zero-order valence-corrected chi connectivity index (χ0v) is 32.6. The van der Waals surface area contributed by atoms with Gasteiger partial charge in [0.05, 0.1) is 0 Å². The van der Waals surface area contributed by atoms with Crippen molar-refractivity contribution in [2.45, 2.75) is 87.3 Å². The average Bonchev–Trinajstić information content (AvgIpc) is 3.04. The lowest BCUT2D eigenvalue weighted by atomic mass is 9.76. The number of phenols is 6. The topological polar surface area (TPSA) is 289 Å². The summed E-state index contributed by atoms with van der Waals surface area (Å²) >= 11 is 0. The molecule has 2 heterocycles. The van der Waals surface area contributed by atoms with Crippen LogP contribution in [0.15, 0.2) is 60.7 Å². The summed E-state index contributed by atoms with van der Waals surface area (Å²) in [5.41, 5.74) is -0.0584. The van der Waals surface area contributed by atoms with Crippen molar-refractivity contribution in [1.29, 1.82) is 0 Å². The number of ether oxygens (including phenoxy) is 2. The molecule has 10 N–H and O–H groups in total. The number of hydrogen-bond donors (Lipinski definition) is 10. The van der Waals surface area contributed by atoms with E-state index in [0.29, 0.717) is 11.1 Å². The van der Waals surface area contributed by atoms with Crippen LogP contribution in [0.1, 0.15) is 97.6 Å². The molecule has 0 radical (unpaired) electrons. The highest BCUT2D eigenvalue weighted by atomic mass is 32.2. The number of fused-ring (bicyclic) bond motifs is 2. The van der Waals surface area contributed by atoms with Gasteiger partial charge in [-0.05, 0) is 58.4 Å². The highest BCUT2D eigenvalue weighted by Crippen LogP contribution is 2.54. The fourth-order valence-corrected chi connectivity index (χ4v) is 8.87. The van der Waals surface area contributed by atoms with Crippen LogP contribution in [0.3, 0.4) is 0 Å². The molecule has 4 aromatic carbocycles. The molecule has 0 spiro atoms. The minimum Gasteiger partial charge on any atom is -0.508 e. The van der Waals surface area contributed by atoms with Gasteiger partial charge in [-0.3, -0.25) is 9.11 Å². The van der Waals surface area contributed by atoms with Crippen LogP contribution in [0.25, 0.3) is 0 Å². The second-order valence-electron chi connectivity index (χ2n) is 15.7. The molecule has 304 valence electrons. The predicted octanol–water partition coefficient (Wildman–Crippen LogP) is 5.05. The molecule has 18 heteroatoms. The standard InChI is InChI=1S/C23H30O8S.C15H14O8S/c1-22(2,3)13-10-12-20(16(17(13)26)23(4,5)6)31-19(18(27)21(12)32(28,29)30)11-7-8-14(24)15(25)9-11;16-8-2-3-9-12(6-8)23-14(13(19)15(9)24(20,21)22)7-1-4-10(17)11(18)5-7/h7-10,18-19,21,24-27H,1-6H3,(H,28,29,30);1-6,13-19H,(H,20,21,22). The third-order valence-corrected chi connectivity index (χ3v) is 11.8. The Bertz CT molecular complexity index is 2380. The number of hydrogen-bond acceptors (Lipinski definition) is 14. The molecule has 0 aliphatic carbocycles. The first-order valence-corrected chi connectivity index (χ1v) is 20.0. The lowest BCUT2D eigenvalue weighted by molar-refractivity contribution is 0.0134. The SMILES string of the molecule is CC(C)(C)c1cc2c(c(C(C)(C)C)c1O)OC(c1ccc(O)c(O)c1)C(O)C2S(=O)(=O)O.O=S(=O)(O)C1c2ccc(O)cc2OC(c2ccc(O)c(O)c2)C1O. The molecule has 6 unspecified atom stereocenters.